The first-order valence-corrected chi connectivity index (χ1v) is 7.50. The van der Waals surface area contributed by atoms with Crippen LogP contribution in [-0.2, 0) is 12.8 Å². The molecule has 0 bridgehead atoms. The molecule has 18 heavy (non-hydrogen) atoms. The summed E-state index contributed by atoms with van der Waals surface area (Å²) in [5, 5.41) is 10.3. The van der Waals surface area contributed by atoms with E-state index >= 15 is 0 Å². The van der Waals surface area contributed by atoms with Crippen LogP contribution in [0.2, 0.25) is 0 Å². The Morgan fingerprint density at radius 1 is 1.28 bits per heavy atom. The van der Waals surface area contributed by atoms with Gasteiger partial charge in [0.15, 0.2) is 0 Å². The van der Waals surface area contributed by atoms with Crippen molar-refractivity contribution in [3.05, 3.63) is 55.4 Å². The molecule has 3 rings (SSSR count). The highest BCUT2D eigenvalue weighted by Crippen LogP contribution is 2.37. The molecule has 0 aliphatic heterocycles. The minimum atomic E-state index is -0.863. The lowest BCUT2D eigenvalue weighted by Gasteiger charge is -2.10. The molecule has 1 nitrogen and oxygen atoms in total. The van der Waals surface area contributed by atoms with Crippen LogP contribution in [0.4, 0.5) is 4.39 Å². The van der Waals surface area contributed by atoms with Crippen LogP contribution in [0.3, 0.4) is 0 Å². The van der Waals surface area contributed by atoms with Crippen molar-refractivity contribution in [3.8, 4) is 0 Å². The normalized spacial score (nSPS) is 15.7. The summed E-state index contributed by atoms with van der Waals surface area (Å²) in [4.78, 5) is 2.19. The van der Waals surface area contributed by atoms with Crippen LogP contribution in [-0.4, -0.2) is 5.11 Å². The number of benzene rings is 1. The largest absolute Gasteiger partial charge is 0.383 e. The second kappa shape index (κ2) is 4.76. The van der Waals surface area contributed by atoms with Crippen molar-refractivity contribution in [3.63, 3.8) is 0 Å². The first-order chi connectivity index (χ1) is 8.65. The van der Waals surface area contributed by atoms with E-state index in [2.05, 4.69) is 15.9 Å². The van der Waals surface area contributed by atoms with Gasteiger partial charge in [0.05, 0.1) is 0 Å². The van der Waals surface area contributed by atoms with Crippen LogP contribution in [0, 0.1) is 5.82 Å². The summed E-state index contributed by atoms with van der Waals surface area (Å²) in [6, 6.07) is 6.69. The van der Waals surface area contributed by atoms with Gasteiger partial charge in [0.2, 0.25) is 0 Å². The molecule has 0 saturated carbocycles. The van der Waals surface area contributed by atoms with E-state index in [0.29, 0.717) is 5.56 Å². The van der Waals surface area contributed by atoms with Crippen molar-refractivity contribution in [2.75, 3.05) is 0 Å². The fraction of sp³-hybridized carbons (Fsp3) is 0.286. The van der Waals surface area contributed by atoms with Gasteiger partial charge in [0, 0.05) is 19.8 Å². The lowest BCUT2D eigenvalue weighted by molar-refractivity contribution is 0.218. The van der Waals surface area contributed by atoms with Crippen LogP contribution < -0.4 is 0 Å². The van der Waals surface area contributed by atoms with Gasteiger partial charge >= 0.3 is 0 Å². The van der Waals surface area contributed by atoms with Crippen molar-refractivity contribution in [2.24, 2.45) is 0 Å². The molecular formula is C14H12BrFOS. The molecule has 1 unspecified atom stereocenters. The number of fused-ring (bicyclic) bond motifs is 1. The summed E-state index contributed by atoms with van der Waals surface area (Å²) in [6.07, 6.45) is 2.51. The van der Waals surface area contributed by atoms with E-state index in [9.17, 15) is 9.50 Å². The first kappa shape index (κ1) is 12.3. The van der Waals surface area contributed by atoms with E-state index in [-0.39, 0.29) is 5.82 Å². The van der Waals surface area contributed by atoms with Crippen LogP contribution >= 0.6 is 27.3 Å². The van der Waals surface area contributed by atoms with E-state index in [4.69, 9.17) is 0 Å². The second-order valence-corrected chi connectivity index (χ2v) is 6.60. The molecule has 1 aromatic carbocycles. The molecule has 2 aromatic rings. The molecule has 94 valence electrons. The summed E-state index contributed by atoms with van der Waals surface area (Å²) in [5.74, 6) is -0.362. The Morgan fingerprint density at radius 3 is 2.89 bits per heavy atom. The van der Waals surface area contributed by atoms with Gasteiger partial charge in [-0.25, -0.2) is 4.39 Å². The molecular weight excluding hydrogens is 315 g/mol. The molecule has 0 spiro atoms. The third-order valence-corrected chi connectivity index (χ3v) is 5.07. The smallest absolute Gasteiger partial charge is 0.129 e. The monoisotopic (exact) mass is 326 g/mol. The summed E-state index contributed by atoms with van der Waals surface area (Å²) in [5.41, 5.74) is 1.66. The Bertz CT molecular complexity index is 572. The van der Waals surface area contributed by atoms with Crippen molar-refractivity contribution < 1.29 is 9.50 Å². The maximum atomic E-state index is 13.7. The summed E-state index contributed by atoms with van der Waals surface area (Å²) in [6.45, 7) is 0. The highest BCUT2D eigenvalue weighted by molar-refractivity contribution is 9.10. The zero-order chi connectivity index (χ0) is 12.7. The minimum absolute atomic E-state index is 0.337. The number of aliphatic hydroxyl groups is 1. The van der Waals surface area contributed by atoms with Gasteiger partial charge in [0.1, 0.15) is 11.9 Å². The highest BCUT2D eigenvalue weighted by atomic mass is 79.9. The Morgan fingerprint density at radius 2 is 2.11 bits per heavy atom. The van der Waals surface area contributed by atoms with E-state index < -0.39 is 6.10 Å². The van der Waals surface area contributed by atoms with E-state index in [0.717, 1.165) is 22.2 Å². The quantitative estimate of drug-likeness (QED) is 0.876. The second-order valence-electron chi connectivity index (χ2n) is 4.52. The average Bonchev–Trinajstić information content (AvgIpc) is 2.91. The van der Waals surface area contributed by atoms with Crippen LogP contribution in [0.5, 0.6) is 0 Å². The van der Waals surface area contributed by atoms with E-state index in [1.165, 1.54) is 22.9 Å². The molecule has 1 N–H and O–H groups in total. The van der Waals surface area contributed by atoms with Crippen molar-refractivity contribution >= 4 is 27.3 Å². The van der Waals surface area contributed by atoms with Gasteiger partial charge < -0.3 is 5.11 Å². The zero-order valence-electron chi connectivity index (χ0n) is 9.62. The number of aliphatic hydroxyl groups excluding tert-OH is 1. The highest BCUT2D eigenvalue weighted by Gasteiger charge is 2.21. The topological polar surface area (TPSA) is 20.2 Å². The number of hydrogen-bond acceptors (Lipinski definition) is 2. The molecule has 1 aliphatic rings. The molecule has 1 heterocycles. The Kier molecular flexibility index (Phi) is 3.26. The maximum Gasteiger partial charge on any atom is 0.129 e. The van der Waals surface area contributed by atoms with Gasteiger partial charge in [-0.15, -0.1) is 11.3 Å². The first-order valence-electron chi connectivity index (χ1n) is 5.89. The molecule has 0 amide bonds. The predicted octanol–water partition coefficient (Wildman–Crippen LogP) is 4.22. The Balaban J connectivity index is 1.98. The molecule has 1 aliphatic carbocycles. The van der Waals surface area contributed by atoms with Crippen LogP contribution in [0.1, 0.15) is 33.4 Å². The standard InChI is InChI=1S/C14H12BrFOS/c15-9-4-5-11(16)10(7-9)14(17)13-6-8-2-1-3-12(8)18-13/h4-7,14,17H,1-3H2. The minimum Gasteiger partial charge on any atom is -0.383 e. The Hall–Kier alpha value is -0.710. The van der Waals surface area contributed by atoms with E-state index in [1.807, 2.05) is 6.07 Å². The SMILES string of the molecule is OC(c1cc2c(s1)CCC2)c1cc(Br)ccc1F. The number of halogens is 2. The van der Waals surface area contributed by atoms with Gasteiger partial charge in [-0.2, -0.15) is 0 Å². The van der Waals surface area contributed by atoms with Gasteiger partial charge in [0.25, 0.3) is 0 Å². The van der Waals surface area contributed by atoms with Crippen molar-refractivity contribution in [1.82, 2.24) is 0 Å². The van der Waals surface area contributed by atoms with Crippen molar-refractivity contribution in [1.29, 1.82) is 0 Å². The number of rotatable bonds is 2. The number of hydrogen-bond donors (Lipinski definition) is 1. The average molecular weight is 327 g/mol. The summed E-state index contributed by atoms with van der Waals surface area (Å²) in [7, 11) is 0. The Labute approximate surface area is 117 Å². The van der Waals surface area contributed by atoms with Gasteiger partial charge in [-0.05, 0) is 49.1 Å². The third-order valence-electron chi connectivity index (χ3n) is 3.29. The molecule has 1 atom stereocenters. The van der Waals surface area contributed by atoms with E-state index in [1.54, 1.807) is 23.5 Å². The molecule has 0 radical (unpaired) electrons. The molecule has 4 heteroatoms. The molecule has 1 aromatic heterocycles. The maximum absolute atomic E-state index is 13.7. The third kappa shape index (κ3) is 2.13. The summed E-state index contributed by atoms with van der Waals surface area (Å²) < 4.78 is 14.5. The molecule has 0 fully saturated rings. The van der Waals surface area contributed by atoms with Gasteiger partial charge in [-0.3, -0.25) is 0 Å². The molecule has 0 saturated heterocycles. The lowest BCUT2D eigenvalue weighted by atomic mass is 10.1. The van der Waals surface area contributed by atoms with Crippen LogP contribution in [0.15, 0.2) is 28.7 Å². The van der Waals surface area contributed by atoms with Crippen LogP contribution in [0.25, 0.3) is 0 Å². The fourth-order valence-electron chi connectivity index (χ4n) is 2.36. The zero-order valence-corrected chi connectivity index (χ0v) is 12.0. The number of aryl methyl sites for hydroxylation is 2. The van der Waals surface area contributed by atoms with Crippen molar-refractivity contribution in [2.45, 2.75) is 25.4 Å². The van der Waals surface area contributed by atoms with Gasteiger partial charge in [-0.1, -0.05) is 15.9 Å². The fourth-order valence-corrected chi connectivity index (χ4v) is 4.01. The lowest BCUT2D eigenvalue weighted by Crippen LogP contribution is -2.00. The predicted molar refractivity (Wildman–Crippen MR) is 74.5 cm³/mol. The number of thiophene rings is 1. The summed E-state index contributed by atoms with van der Waals surface area (Å²) >= 11 is 4.91.